The van der Waals surface area contributed by atoms with Crippen LogP contribution in [0.4, 0.5) is 0 Å². The van der Waals surface area contributed by atoms with Crippen LogP contribution in [0.1, 0.15) is 87.4 Å². The van der Waals surface area contributed by atoms with Crippen LogP contribution in [0.25, 0.3) is 0 Å². The molecule has 3 aromatic rings. The molecule has 1 aliphatic heterocycles. The SMILES string of the molecule is COC(=O)c1c(C)cc2c(c1OCc1ccc(O)cc1)[C@]1(O)C(=O)c3cc4c(c(O)c3C(=O)[C@]1(OC)[C@H](O)C2)C(=O)CC(=N[C@H]1O[C@@H](C)[C@H](OC)[C@@H](O)[C@H]1CO)C4=O. The summed E-state index contributed by atoms with van der Waals surface area (Å²) in [6.45, 7) is 2.18. The molecular weight excluding hydrogens is 762 g/mol. The number of hydrogen-bond acceptors (Lipinski definition) is 17. The van der Waals surface area contributed by atoms with E-state index in [-0.39, 0.29) is 29.0 Å². The number of aliphatic hydroxyl groups is 4. The zero-order valence-electron chi connectivity index (χ0n) is 32.0. The van der Waals surface area contributed by atoms with Crippen LogP contribution in [0.15, 0.2) is 41.4 Å². The molecule has 7 rings (SSSR count). The fraction of sp³-hybridized carbons (Fsp3) is 0.415. The van der Waals surface area contributed by atoms with Crippen LogP contribution in [0, 0.1) is 12.8 Å². The Bertz CT molecular complexity index is 2300. The second kappa shape index (κ2) is 14.8. The van der Waals surface area contributed by atoms with Crippen LogP contribution in [0.3, 0.4) is 0 Å². The minimum atomic E-state index is -3.21. The third kappa shape index (κ3) is 5.71. The van der Waals surface area contributed by atoms with Gasteiger partial charge in [-0.3, -0.25) is 24.2 Å². The van der Waals surface area contributed by atoms with Gasteiger partial charge in [0.2, 0.25) is 17.3 Å². The Morgan fingerprint density at radius 3 is 2.29 bits per heavy atom. The maximum atomic E-state index is 15.1. The van der Waals surface area contributed by atoms with Gasteiger partial charge in [-0.25, -0.2) is 4.79 Å². The number of rotatable bonds is 8. The van der Waals surface area contributed by atoms with Crippen molar-refractivity contribution in [1.82, 2.24) is 0 Å². The second-order valence-corrected chi connectivity index (χ2v) is 14.8. The summed E-state index contributed by atoms with van der Waals surface area (Å²) in [5, 5.41) is 67.2. The van der Waals surface area contributed by atoms with E-state index in [1.165, 1.54) is 44.4 Å². The number of carbonyl (C=O) groups is 5. The highest BCUT2D eigenvalue weighted by molar-refractivity contribution is 6.53. The lowest BCUT2D eigenvalue weighted by Crippen LogP contribution is -2.73. The molecule has 0 spiro atoms. The highest BCUT2D eigenvalue weighted by Gasteiger charge is 2.73. The Hall–Kier alpha value is -5.40. The van der Waals surface area contributed by atoms with E-state index in [2.05, 4.69) is 4.99 Å². The number of ketones is 4. The van der Waals surface area contributed by atoms with Crippen molar-refractivity contribution >= 4 is 34.8 Å². The molecule has 0 aromatic heterocycles. The number of carbonyl (C=O) groups excluding carboxylic acids is 5. The van der Waals surface area contributed by atoms with Crippen molar-refractivity contribution < 1.29 is 78.3 Å². The fourth-order valence-electron chi connectivity index (χ4n) is 8.81. The molecule has 1 fully saturated rings. The zero-order chi connectivity index (χ0) is 42.2. The number of methoxy groups -OCH3 is 3. The number of aromatic hydroxyl groups is 2. The van der Waals surface area contributed by atoms with Crippen molar-refractivity contribution in [2.45, 2.75) is 75.1 Å². The van der Waals surface area contributed by atoms with Crippen LogP contribution in [0.2, 0.25) is 0 Å². The summed E-state index contributed by atoms with van der Waals surface area (Å²) in [6.07, 6.45) is -7.30. The lowest BCUT2D eigenvalue weighted by Gasteiger charge is -2.53. The normalized spacial score (nSPS) is 29.7. The van der Waals surface area contributed by atoms with Gasteiger partial charge in [-0.05, 0) is 48.7 Å². The molecule has 6 N–H and O–H groups in total. The highest BCUT2D eigenvalue weighted by Crippen LogP contribution is 2.57. The van der Waals surface area contributed by atoms with Gasteiger partial charge in [-0.15, -0.1) is 0 Å². The van der Waals surface area contributed by atoms with Crippen LogP contribution in [-0.2, 0) is 37.6 Å². The monoisotopic (exact) mass is 803 g/mol. The quantitative estimate of drug-likeness (QED) is 0.175. The molecule has 8 atom stereocenters. The van der Waals surface area contributed by atoms with Crippen molar-refractivity contribution in [2.75, 3.05) is 27.9 Å². The molecule has 4 aliphatic rings. The molecular formula is C41H41NO16. The number of hydrogen-bond donors (Lipinski definition) is 6. The molecule has 3 aliphatic carbocycles. The first kappa shape index (κ1) is 40.8. The molecule has 0 unspecified atom stereocenters. The number of phenolic OH excluding ortho intramolecular Hbond substituents is 2. The van der Waals surface area contributed by atoms with E-state index in [4.69, 9.17) is 23.7 Å². The summed E-state index contributed by atoms with van der Waals surface area (Å²) < 4.78 is 28.1. The van der Waals surface area contributed by atoms with Gasteiger partial charge in [0.05, 0.1) is 61.2 Å². The Kier molecular flexibility index (Phi) is 10.4. The number of esters is 1. The second-order valence-electron chi connectivity index (χ2n) is 14.8. The third-order valence-electron chi connectivity index (χ3n) is 11.6. The average molecular weight is 804 g/mol. The van der Waals surface area contributed by atoms with Crippen molar-refractivity contribution in [2.24, 2.45) is 10.9 Å². The zero-order valence-corrected chi connectivity index (χ0v) is 32.0. The Morgan fingerprint density at radius 2 is 1.67 bits per heavy atom. The summed E-state index contributed by atoms with van der Waals surface area (Å²) >= 11 is 0. The summed E-state index contributed by atoms with van der Waals surface area (Å²) in [7, 11) is 3.40. The van der Waals surface area contributed by atoms with Gasteiger partial charge >= 0.3 is 5.97 Å². The molecule has 1 heterocycles. The number of aliphatic hydroxyl groups excluding tert-OH is 3. The number of phenols is 2. The number of fused-ring (bicyclic) bond motifs is 5. The van der Waals surface area contributed by atoms with E-state index in [1.54, 1.807) is 6.92 Å². The van der Waals surface area contributed by atoms with Crippen molar-refractivity contribution in [1.29, 1.82) is 0 Å². The lowest BCUT2D eigenvalue weighted by atomic mass is 9.56. The average Bonchev–Trinajstić information content (AvgIpc) is 3.18. The predicted octanol–water partition coefficient (Wildman–Crippen LogP) is 1.28. The third-order valence-corrected chi connectivity index (χ3v) is 11.6. The molecule has 0 saturated carbocycles. The topological polar surface area (TPSA) is 265 Å². The van der Waals surface area contributed by atoms with Crippen molar-refractivity contribution in [3.8, 4) is 17.2 Å². The minimum absolute atomic E-state index is 0.0422. The Morgan fingerprint density at radius 1 is 0.983 bits per heavy atom. The first-order valence-electron chi connectivity index (χ1n) is 18.2. The minimum Gasteiger partial charge on any atom is -0.508 e. The maximum Gasteiger partial charge on any atom is 0.341 e. The maximum absolute atomic E-state index is 15.1. The number of nitrogens with zero attached hydrogens (tertiary/aromatic N) is 1. The van der Waals surface area contributed by atoms with Gasteiger partial charge in [0, 0.05) is 37.3 Å². The summed E-state index contributed by atoms with van der Waals surface area (Å²) in [5.41, 5.74) is -9.08. The van der Waals surface area contributed by atoms with E-state index in [9.17, 15) is 49.8 Å². The molecule has 0 radical (unpaired) electrons. The number of aliphatic imine (C=N–C) groups is 1. The molecule has 0 bridgehead atoms. The predicted molar refractivity (Wildman–Crippen MR) is 198 cm³/mol. The van der Waals surface area contributed by atoms with Crippen molar-refractivity contribution in [3.63, 3.8) is 0 Å². The summed E-state index contributed by atoms with van der Waals surface area (Å²) in [4.78, 5) is 75.5. The van der Waals surface area contributed by atoms with Crippen LogP contribution in [0.5, 0.6) is 17.2 Å². The van der Waals surface area contributed by atoms with Gasteiger partial charge in [0.25, 0.3) is 0 Å². The van der Waals surface area contributed by atoms with E-state index in [1.807, 2.05) is 0 Å². The van der Waals surface area contributed by atoms with Crippen LogP contribution >= 0.6 is 0 Å². The Balaban J connectivity index is 1.42. The van der Waals surface area contributed by atoms with Gasteiger partial charge in [0.15, 0.2) is 23.2 Å². The molecule has 1 saturated heterocycles. The Labute approximate surface area is 330 Å². The standard InChI is InChI=1S/C41H41NO16/c1-16-10-19-11-26(46)41(56-5)37(51)29-22(36(50)40(41,53)30(19)35(27(16)39(52)55-4)57-15-18-6-8-20(44)9-7-18)12-21-28(33(29)49)25(45)13-24(31(21)47)42-38-23(14-43)32(48)34(54-3)17(2)58-38/h6-10,12,17,23,26,32,34,38,43-44,46,48-49,53H,11,13-15H2,1-5H3/t17-,23+,26+,32-,34-,38-,40-,41+/m0/s1. The fourth-order valence-corrected chi connectivity index (χ4v) is 8.81. The molecule has 3 aromatic carbocycles. The molecule has 17 nitrogen and oxygen atoms in total. The van der Waals surface area contributed by atoms with E-state index in [0.29, 0.717) is 5.56 Å². The summed E-state index contributed by atoms with van der Waals surface area (Å²) in [6, 6.07) is 8.09. The van der Waals surface area contributed by atoms with Gasteiger partial charge in [0.1, 0.15) is 35.5 Å². The highest BCUT2D eigenvalue weighted by atomic mass is 16.6. The first-order chi connectivity index (χ1) is 27.5. The van der Waals surface area contributed by atoms with E-state index < -0.39 is 141 Å². The molecule has 58 heavy (non-hydrogen) atoms. The first-order valence-corrected chi connectivity index (χ1v) is 18.2. The number of ether oxygens (including phenoxy) is 5. The smallest absolute Gasteiger partial charge is 0.341 e. The van der Waals surface area contributed by atoms with Crippen LogP contribution in [-0.4, -0.2) is 130 Å². The van der Waals surface area contributed by atoms with Gasteiger partial charge in [-0.2, -0.15) is 0 Å². The summed E-state index contributed by atoms with van der Waals surface area (Å²) in [5.74, 6) is -8.06. The number of aryl methyl sites for hydroxylation is 1. The number of Topliss-reactive ketones (excluding diaryl/α,β-unsaturated/α-hetero) is 4. The molecule has 17 heteroatoms. The van der Waals surface area contributed by atoms with Crippen molar-refractivity contribution in [3.05, 3.63) is 86.5 Å². The lowest BCUT2D eigenvalue weighted by molar-refractivity contribution is -0.206. The number of benzene rings is 3. The van der Waals surface area contributed by atoms with Gasteiger partial charge < -0.3 is 54.3 Å². The molecule has 306 valence electrons. The van der Waals surface area contributed by atoms with E-state index in [0.717, 1.165) is 20.3 Å². The van der Waals surface area contributed by atoms with E-state index >= 15 is 4.79 Å². The largest absolute Gasteiger partial charge is 0.508 e. The van der Waals surface area contributed by atoms with Gasteiger partial charge in [-0.1, -0.05) is 18.2 Å². The van der Waals surface area contributed by atoms with Crippen LogP contribution < -0.4 is 4.74 Å². The molecule has 0 amide bonds.